The molecule has 2 aromatic carbocycles. The van der Waals surface area contributed by atoms with Crippen molar-refractivity contribution in [2.24, 2.45) is 0 Å². The van der Waals surface area contributed by atoms with Gasteiger partial charge in [-0.2, -0.15) is 0 Å². The van der Waals surface area contributed by atoms with Gasteiger partial charge in [0.25, 0.3) is 5.78 Å². The van der Waals surface area contributed by atoms with Gasteiger partial charge in [0.15, 0.2) is 5.60 Å². The average molecular weight is 310 g/mol. The summed E-state index contributed by atoms with van der Waals surface area (Å²) in [4.78, 5) is 23.2. The van der Waals surface area contributed by atoms with Gasteiger partial charge in [-0.05, 0) is 18.1 Å². The standard InChI is InChI=1S/C19H18O4/c1-19(17(20)18(21)22,16-12-6-3-7-13-16)23-14-8-11-15-9-4-2-5-10-15/h2-13H,14H2,1H3,(H,21,22). The van der Waals surface area contributed by atoms with Crippen LogP contribution in [-0.4, -0.2) is 23.5 Å². The van der Waals surface area contributed by atoms with Crippen LogP contribution in [0.3, 0.4) is 0 Å². The quantitative estimate of drug-likeness (QED) is 0.797. The molecule has 2 aromatic rings. The van der Waals surface area contributed by atoms with Crippen LogP contribution >= 0.6 is 0 Å². The Bertz CT molecular complexity index is 692. The largest absolute Gasteiger partial charge is 0.475 e. The van der Waals surface area contributed by atoms with E-state index in [0.29, 0.717) is 5.56 Å². The van der Waals surface area contributed by atoms with Crippen molar-refractivity contribution in [3.8, 4) is 0 Å². The molecule has 1 atom stereocenters. The molecule has 0 bridgehead atoms. The number of ketones is 1. The van der Waals surface area contributed by atoms with Crippen LogP contribution in [-0.2, 0) is 19.9 Å². The third kappa shape index (κ3) is 4.14. The predicted molar refractivity (Wildman–Crippen MR) is 87.9 cm³/mol. The van der Waals surface area contributed by atoms with E-state index in [2.05, 4.69) is 0 Å². The maximum Gasteiger partial charge on any atom is 0.375 e. The van der Waals surface area contributed by atoms with Gasteiger partial charge < -0.3 is 9.84 Å². The number of Topliss-reactive ketones (excluding diaryl/α,β-unsaturated/α-hetero) is 1. The number of carboxylic acids is 1. The summed E-state index contributed by atoms with van der Waals surface area (Å²) in [5.41, 5.74) is -0.00344. The van der Waals surface area contributed by atoms with Crippen LogP contribution in [0.5, 0.6) is 0 Å². The van der Waals surface area contributed by atoms with Gasteiger partial charge in [-0.15, -0.1) is 0 Å². The van der Waals surface area contributed by atoms with Crippen molar-refractivity contribution >= 4 is 17.8 Å². The van der Waals surface area contributed by atoms with E-state index < -0.39 is 17.4 Å². The summed E-state index contributed by atoms with van der Waals surface area (Å²) >= 11 is 0. The molecule has 4 nitrogen and oxygen atoms in total. The Kier molecular flexibility index (Phi) is 5.44. The van der Waals surface area contributed by atoms with E-state index in [9.17, 15) is 9.59 Å². The summed E-state index contributed by atoms with van der Waals surface area (Å²) in [5.74, 6) is -2.50. The first-order chi connectivity index (χ1) is 11.0. The lowest BCUT2D eigenvalue weighted by atomic mass is 9.91. The summed E-state index contributed by atoms with van der Waals surface area (Å²) in [7, 11) is 0. The van der Waals surface area contributed by atoms with Crippen LogP contribution in [0.15, 0.2) is 66.7 Å². The van der Waals surface area contributed by atoms with Gasteiger partial charge in [0.1, 0.15) is 0 Å². The number of ether oxygens (including phenoxy) is 1. The molecule has 1 unspecified atom stereocenters. The first kappa shape index (κ1) is 16.6. The van der Waals surface area contributed by atoms with Crippen LogP contribution in [0, 0.1) is 0 Å². The predicted octanol–water partition coefficient (Wildman–Crippen LogP) is 3.29. The Labute approximate surface area is 135 Å². The zero-order valence-corrected chi connectivity index (χ0v) is 12.8. The van der Waals surface area contributed by atoms with Crippen molar-refractivity contribution in [3.05, 3.63) is 77.9 Å². The van der Waals surface area contributed by atoms with Crippen molar-refractivity contribution in [2.75, 3.05) is 6.61 Å². The summed E-state index contributed by atoms with van der Waals surface area (Å²) < 4.78 is 5.64. The number of benzene rings is 2. The maximum absolute atomic E-state index is 12.1. The zero-order valence-electron chi connectivity index (χ0n) is 12.8. The first-order valence-electron chi connectivity index (χ1n) is 7.23. The third-order valence-corrected chi connectivity index (χ3v) is 3.53. The lowest BCUT2D eigenvalue weighted by Crippen LogP contribution is -2.40. The van der Waals surface area contributed by atoms with Crippen LogP contribution in [0.1, 0.15) is 18.1 Å². The second-order valence-corrected chi connectivity index (χ2v) is 5.16. The van der Waals surface area contributed by atoms with Crippen molar-refractivity contribution in [2.45, 2.75) is 12.5 Å². The highest BCUT2D eigenvalue weighted by molar-refractivity contribution is 6.35. The summed E-state index contributed by atoms with van der Waals surface area (Å²) in [6.07, 6.45) is 3.61. The molecule has 23 heavy (non-hydrogen) atoms. The van der Waals surface area contributed by atoms with Gasteiger partial charge in [-0.1, -0.05) is 72.8 Å². The van der Waals surface area contributed by atoms with Crippen molar-refractivity contribution in [3.63, 3.8) is 0 Å². The van der Waals surface area contributed by atoms with Gasteiger partial charge in [0, 0.05) is 0 Å². The summed E-state index contributed by atoms with van der Waals surface area (Å²) in [5, 5.41) is 9.07. The third-order valence-electron chi connectivity index (χ3n) is 3.53. The van der Waals surface area contributed by atoms with Gasteiger partial charge in [-0.3, -0.25) is 4.79 Å². The van der Waals surface area contributed by atoms with Gasteiger partial charge in [0.2, 0.25) is 0 Å². The second kappa shape index (κ2) is 7.51. The highest BCUT2D eigenvalue weighted by Crippen LogP contribution is 2.26. The van der Waals surface area contributed by atoms with E-state index in [0.717, 1.165) is 5.56 Å². The number of hydrogen-bond acceptors (Lipinski definition) is 3. The number of rotatable bonds is 7. The van der Waals surface area contributed by atoms with Crippen LogP contribution < -0.4 is 0 Å². The molecule has 0 amide bonds. The highest BCUT2D eigenvalue weighted by atomic mass is 16.5. The fraction of sp³-hybridized carbons (Fsp3) is 0.158. The number of carbonyl (C=O) groups is 2. The second-order valence-electron chi connectivity index (χ2n) is 5.16. The maximum atomic E-state index is 12.1. The minimum atomic E-state index is -1.52. The van der Waals surface area contributed by atoms with Crippen molar-refractivity contribution in [1.82, 2.24) is 0 Å². The molecule has 1 N–H and O–H groups in total. The number of hydrogen-bond donors (Lipinski definition) is 1. The molecule has 118 valence electrons. The molecule has 0 saturated heterocycles. The fourth-order valence-corrected chi connectivity index (χ4v) is 2.20. The molecule has 0 fully saturated rings. The first-order valence-corrected chi connectivity index (χ1v) is 7.23. The lowest BCUT2D eigenvalue weighted by molar-refractivity contribution is -0.161. The molecular formula is C19H18O4. The van der Waals surface area contributed by atoms with Crippen LogP contribution in [0.4, 0.5) is 0 Å². The molecule has 0 spiro atoms. The molecule has 0 radical (unpaired) electrons. The highest BCUT2D eigenvalue weighted by Gasteiger charge is 2.40. The zero-order chi connectivity index (χ0) is 16.7. The van der Waals surface area contributed by atoms with E-state index in [-0.39, 0.29) is 6.61 Å². The molecule has 0 heterocycles. The normalized spacial score (nSPS) is 13.6. The number of aliphatic carboxylic acids is 1. The van der Waals surface area contributed by atoms with Crippen LogP contribution in [0.2, 0.25) is 0 Å². The Morgan fingerprint density at radius 2 is 1.61 bits per heavy atom. The molecule has 0 aliphatic carbocycles. The Morgan fingerprint density at radius 1 is 1.04 bits per heavy atom. The van der Waals surface area contributed by atoms with Gasteiger partial charge >= 0.3 is 5.97 Å². The van der Waals surface area contributed by atoms with E-state index in [1.165, 1.54) is 6.92 Å². The van der Waals surface area contributed by atoms with Crippen molar-refractivity contribution in [1.29, 1.82) is 0 Å². The monoisotopic (exact) mass is 310 g/mol. The SMILES string of the molecule is CC(OCC=Cc1ccccc1)(C(=O)C(=O)O)c1ccccc1. The van der Waals surface area contributed by atoms with Gasteiger partial charge in [0.05, 0.1) is 6.61 Å². The summed E-state index contributed by atoms with van der Waals surface area (Å²) in [6.45, 7) is 1.61. The molecule has 0 aliphatic rings. The molecule has 0 aromatic heterocycles. The topological polar surface area (TPSA) is 63.6 Å². The molecule has 2 rings (SSSR count). The fourth-order valence-electron chi connectivity index (χ4n) is 2.20. The molecule has 4 heteroatoms. The van der Waals surface area contributed by atoms with Crippen LogP contribution in [0.25, 0.3) is 6.08 Å². The molecular weight excluding hydrogens is 292 g/mol. The lowest BCUT2D eigenvalue weighted by Gasteiger charge is -2.26. The molecule has 0 saturated carbocycles. The van der Waals surface area contributed by atoms with E-state index in [1.54, 1.807) is 36.4 Å². The Morgan fingerprint density at radius 3 is 2.17 bits per heavy atom. The number of carbonyl (C=O) groups excluding carboxylic acids is 1. The Balaban J connectivity index is 2.14. The summed E-state index contributed by atoms with van der Waals surface area (Å²) in [6, 6.07) is 18.3. The number of carboxylic acid groups (broad SMARTS) is 1. The van der Waals surface area contributed by atoms with E-state index >= 15 is 0 Å². The Hall–Kier alpha value is -2.72. The minimum Gasteiger partial charge on any atom is -0.475 e. The van der Waals surface area contributed by atoms with E-state index in [4.69, 9.17) is 9.84 Å². The minimum absolute atomic E-state index is 0.124. The van der Waals surface area contributed by atoms with Gasteiger partial charge in [-0.25, -0.2) is 4.79 Å². The van der Waals surface area contributed by atoms with E-state index in [1.807, 2.05) is 36.4 Å². The smallest absolute Gasteiger partial charge is 0.375 e. The molecule has 0 aliphatic heterocycles. The van der Waals surface area contributed by atoms with Crippen molar-refractivity contribution < 1.29 is 19.4 Å². The average Bonchev–Trinajstić information content (AvgIpc) is 2.59.